The van der Waals surface area contributed by atoms with E-state index in [1.807, 2.05) is 6.92 Å². The van der Waals surface area contributed by atoms with E-state index in [4.69, 9.17) is 4.74 Å². The van der Waals surface area contributed by atoms with Gasteiger partial charge in [0.2, 0.25) is 15.9 Å². The molecule has 10 nitrogen and oxygen atoms in total. The van der Waals surface area contributed by atoms with Gasteiger partial charge in [-0.15, -0.1) is 0 Å². The molecule has 1 heterocycles. The van der Waals surface area contributed by atoms with E-state index in [2.05, 4.69) is 20.5 Å². The van der Waals surface area contributed by atoms with Crippen LogP contribution < -0.4 is 15.4 Å². The maximum atomic E-state index is 13.4. The van der Waals surface area contributed by atoms with E-state index in [0.717, 1.165) is 16.3 Å². The summed E-state index contributed by atoms with van der Waals surface area (Å²) in [6, 6.07) is 12.8. The zero-order chi connectivity index (χ0) is 29.7. The molecule has 2 amide bonds. The lowest BCUT2D eigenvalue weighted by Gasteiger charge is -2.19. The van der Waals surface area contributed by atoms with Crippen LogP contribution in [0.4, 0.5) is 18.0 Å². The first-order valence-corrected chi connectivity index (χ1v) is 13.6. The number of nitrogens with one attached hydrogen (secondary N) is 3. The molecule has 0 aliphatic heterocycles. The van der Waals surface area contributed by atoms with Crippen molar-refractivity contribution in [2.45, 2.75) is 44.4 Å². The summed E-state index contributed by atoms with van der Waals surface area (Å²) in [4.78, 5) is 23.4. The molecule has 0 bridgehead atoms. The maximum absolute atomic E-state index is 13.4. The molecule has 0 spiro atoms. The molecule has 14 heteroatoms. The molecule has 0 aliphatic carbocycles. The van der Waals surface area contributed by atoms with Crippen LogP contribution >= 0.6 is 0 Å². The molecular formula is C26H30F3N5O5S. The number of aromatic nitrogens is 2. The second kappa shape index (κ2) is 12.1. The molecule has 3 rings (SSSR count). The average molecular weight is 582 g/mol. The number of rotatable bonds is 9. The highest BCUT2D eigenvalue weighted by Gasteiger charge is 2.35. The first kappa shape index (κ1) is 30.6. The minimum absolute atomic E-state index is 0.0433. The van der Waals surface area contributed by atoms with Gasteiger partial charge in [-0.1, -0.05) is 29.8 Å². The van der Waals surface area contributed by atoms with Crippen molar-refractivity contribution in [1.29, 1.82) is 0 Å². The number of aryl methyl sites for hydroxylation is 1. The Morgan fingerprint density at radius 3 is 2.12 bits per heavy atom. The summed E-state index contributed by atoms with van der Waals surface area (Å²) in [5.41, 5.74) is 0.0589. The number of alkyl carbamates (subject to hydrolysis) is 1. The number of benzene rings is 2. The fourth-order valence-electron chi connectivity index (χ4n) is 3.40. The number of ether oxygens (including phenoxy) is 1. The molecule has 1 aromatic heterocycles. The zero-order valence-electron chi connectivity index (χ0n) is 22.3. The smallest absolute Gasteiger partial charge is 0.435 e. The number of amides is 2. The van der Waals surface area contributed by atoms with Crippen molar-refractivity contribution in [2.24, 2.45) is 0 Å². The number of carbonyl (C=O) groups is 2. The van der Waals surface area contributed by atoms with Crippen LogP contribution in [0.5, 0.6) is 0 Å². The van der Waals surface area contributed by atoms with E-state index < -0.39 is 46.0 Å². The SMILES string of the molecule is Cc1ccc(-c2cc(C(F)(F)F)nn2-c2ccc(S(=O)(=O)NCC(=O)NCCNC(=O)OC(C)(C)C)cc2)cc1. The number of carbonyl (C=O) groups excluding carboxylic acids is 2. The van der Waals surface area contributed by atoms with Gasteiger partial charge in [0.25, 0.3) is 0 Å². The molecule has 216 valence electrons. The predicted octanol–water partition coefficient (Wildman–Crippen LogP) is 3.79. The number of sulfonamides is 1. The Bertz CT molecular complexity index is 1450. The van der Waals surface area contributed by atoms with Crippen LogP contribution in [-0.4, -0.2) is 55.4 Å². The van der Waals surface area contributed by atoms with Gasteiger partial charge in [-0.05, 0) is 58.0 Å². The quantitative estimate of drug-likeness (QED) is 0.330. The third-order valence-electron chi connectivity index (χ3n) is 5.28. The third-order valence-corrected chi connectivity index (χ3v) is 6.69. The Hall–Kier alpha value is -3.91. The Morgan fingerprint density at radius 1 is 0.950 bits per heavy atom. The molecule has 2 aromatic carbocycles. The van der Waals surface area contributed by atoms with Gasteiger partial charge in [-0.2, -0.15) is 18.3 Å². The first-order chi connectivity index (χ1) is 18.5. The zero-order valence-corrected chi connectivity index (χ0v) is 23.1. The Balaban J connectivity index is 1.65. The lowest BCUT2D eigenvalue weighted by Crippen LogP contribution is -2.41. The normalized spacial score (nSPS) is 12.2. The van der Waals surface area contributed by atoms with Crippen molar-refractivity contribution in [3.8, 4) is 16.9 Å². The van der Waals surface area contributed by atoms with Gasteiger partial charge < -0.3 is 15.4 Å². The van der Waals surface area contributed by atoms with Crippen LogP contribution in [0, 0.1) is 6.92 Å². The molecule has 0 radical (unpaired) electrons. The largest absolute Gasteiger partial charge is 0.444 e. The van der Waals surface area contributed by atoms with Gasteiger partial charge in [0, 0.05) is 18.7 Å². The number of alkyl halides is 3. The fourth-order valence-corrected chi connectivity index (χ4v) is 4.38. The van der Waals surface area contributed by atoms with Crippen molar-refractivity contribution in [3.05, 3.63) is 65.9 Å². The van der Waals surface area contributed by atoms with Crippen LogP contribution in [0.1, 0.15) is 32.0 Å². The highest BCUT2D eigenvalue weighted by molar-refractivity contribution is 7.89. The van der Waals surface area contributed by atoms with Crippen LogP contribution in [0.2, 0.25) is 0 Å². The molecule has 0 saturated heterocycles. The average Bonchev–Trinajstić information content (AvgIpc) is 3.31. The minimum Gasteiger partial charge on any atom is -0.444 e. The summed E-state index contributed by atoms with van der Waals surface area (Å²) in [7, 11) is -4.11. The monoisotopic (exact) mass is 581 g/mol. The standard InChI is InChI=1S/C26H30F3N5O5S/c1-17-5-7-18(8-6-17)21-15-22(26(27,28)29)33-34(21)19-9-11-20(12-10-19)40(37,38)32-16-23(35)30-13-14-31-24(36)39-25(2,3)4/h5-12,15,32H,13-14,16H2,1-4H3,(H,30,35)(H,31,36). The Labute approximate surface area is 230 Å². The summed E-state index contributed by atoms with van der Waals surface area (Å²) in [5.74, 6) is -0.634. The molecule has 0 fully saturated rings. The van der Waals surface area contributed by atoms with E-state index >= 15 is 0 Å². The summed E-state index contributed by atoms with van der Waals surface area (Å²) >= 11 is 0. The van der Waals surface area contributed by atoms with E-state index in [1.54, 1.807) is 45.0 Å². The van der Waals surface area contributed by atoms with E-state index in [1.165, 1.54) is 24.3 Å². The number of nitrogens with zero attached hydrogens (tertiary/aromatic N) is 2. The highest BCUT2D eigenvalue weighted by Crippen LogP contribution is 2.33. The lowest BCUT2D eigenvalue weighted by atomic mass is 10.1. The third kappa shape index (κ3) is 8.55. The van der Waals surface area contributed by atoms with Crippen LogP contribution in [0.25, 0.3) is 16.9 Å². The number of halogens is 3. The van der Waals surface area contributed by atoms with Crippen molar-refractivity contribution in [3.63, 3.8) is 0 Å². The second-order valence-electron chi connectivity index (χ2n) is 9.79. The molecular weight excluding hydrogens is 551 g/mol. The summed E-state index contributed by atoms with van der Waals surface area (Å²) in [6.07, 6.45) is -5.33. The van der Waals surface area contributed by atoms with Gasteiger partial charge in [0.15, 0.2) is 5.69 Å². The summed E-state index contributed by atoms with van der Waals surface area (Å²) in [6.45, 7) is 6.52. The highest BCUT2D eigenvalue weighted by atomic mass is 32.2. The van der Waals surface area contributed by atoms with Crippen molar-refractivity contribution >= 4 is 22.0 Å². The maximum Gasteiger partial charge on any atom is 0.435 e. The summed E-state index contributed by atoms with van der Waals surface area (Å²) in [5, 5.41) is 8.61. The molecule has 0 aliphatic rings. The van der Waals surface area contributed by atoms with E-state index in [-0.39, 0.29) is 29.4 Å². The number of hydrogen-bond donors (Lipinski definition) is 3. The molecule has 3 N–H and O–H groups in total. The molecule has 40 heavy (non-hydrogen) atoms. The predicted molar refractivity (Wildman–Crippen MR) is 141 cm³/mol. The lowest BCUT2D eigenvalue weighted by molar-refractivity contribution is -0.141. The topological polar surface area (TPSA) is 131 Å². The summed E-state index contributed by atoms with van der Waals surface area (Å²) < 4.78 is 73.9. The van der Waals surface area contributed by atoms with E-state index in [9.17, 15) is 31.2 Å². The minimum atomic E-state index is -4.68. The van der Waals surface area contributed by atoms with Gasteiger partial charge in [-0.25, -0.2) is 22.6 Å². The van der Waals surface area contributed by atoms with Crippen LogP contribution in [0.3, 0.4) is 0 Å². The Kier molecular flexibility index (Phi) is 9.25. The first-order valence-electron chi connectivity index (χ1n) is 12.1. The van der Waals surface area contributed by atoms with Crippen LogP contribution in [-0.2, 0) is 25.7 Å². The van der Waals surface area contributed by atoms with Crippen molar-refractivity contribution < 1.29 is 35.9 Å². The van der Waals surface area contributed by atoms with Gasteiger partial charge in [0.1, 0.15) is 5.60 Å². The Morgan fingerprint density at radius 2 is 1.55 bits per heavy atom. The fraction of sp³-hybridized carbons (Fsp3) is 0.346. The van der Waals surface area contributed by atoms with Crippen LogP contribution in [0.15, 0.2) is 59.5 Å². The number of hydrogen-bond acceptors (Lipinski definition) is 6. The van der Waals surface area contributed by atoms with Gasteiger partial charge in [-0.3, -0.25) is 4.79 Å². The van der Waals surface area contributed by atoms with E-state index in [0.29, 0.717) is 5.56 Å². The molecule has 0 atom stereocenters. The second-order valence-corrected chi connectivity index (χ2v) is 11.6. The molecule has 3 aromatic rings. The van der Waals surface area contributed by atoms with Crippen molar-refractivity contribution in [2.75, 3.05) is 19.6 Å². The molecule has 0 unspecified atom stereocenters. The van der Waals surface area contributed by atoms with Gasteiger partial charge >= 0.3 is 12.3 Å². The van der Waals surface area contributed by atoms with Crippen molar-refractivity contribution in [1.82, 2.24) is 25.1 Å². The van der Waals surface area contributed by atoms with Gasteiger partial charge in [0.05, 0.1) is 22.8 Å². The molecule has 0 saturated carbocycles.